The summed E-state index contributed by atoms with van der Waals surface area (Å²) >= 11 is 6.99. The fourth-order valence-corrected chi connectivity index (χ4v) is 3.00. The Kier molecular flexibility index (Phi) is 3.77. The van der Waals surface area contributed by atoms with E-state index in [1.54, 1.807) is 18.4 Å². The quantitative estimate of drug-likeness (QED) is 0.745. The molecule has 0 aliphatic carbocycles. The van der Waals surface area contributed by atoms with Crippen molar-refractivity contribution in [2.75, 3.05) is 7.11 Å². The molecule has 0 aliphatic rings. The largest absolute Gasteiger partial charge is 0.380 e. The predicted molar refractivity (Wildman–Crippen MR) is 82.8 cm³/mol. The molecule has 2 aromatic heterocycles. The topological polar surface area (TPSA) is 42.8 Å². The van der Waals surface area contributed by atoms with E-state index in [4.69, 9.17) is 17.0 Å². The van der Waals surface area contributed by atoms with Gasteiger partial charge in [-0.2, -0.15) is 5.10 Å². The van der Waals surface area contributed by atoms with Crippen LogP contribution in [0.2, 0.25) is 0 Å². The lowest BCUT2D eigenvalue weighted by molar-refractivity contribution is 0.185. The molecule has 20 heavy (non-hydrogen) atoms. The summed E-state index contributed by atoms with van der Waals surface area (Å²) in [6.45, 7) is 0.577. The maximum absolute atomic E-state index is 5.35. The summed E-state index contributed by atoms with van der Waals surface area (Å²) in [4.78, 5) is 1.08. The van der Waals surface area contributed by atoms with E-state index in [0.717, 1.165) is 22.0 Å². The molecule has 1 aromatic carbocycles. The maximum Gasteiger partial charge on any atom is 0.200 e. The van der Waals surface area contributed by atoms with E-state index in [1.165, 1.54) is 0 Å². The van der Waals surface area contributed by atoms with Crippen LogP contribution in [-0.2, 0) is 11.3 Å². The molecule has 0 unspecified atom stereocenters. The van der Waals surface area contributed by atoms with Gasteiger partial charge >= 0.3 is 0 Å². The third-order valence-corrected chi connectivity index (χ3v) is 4.03. The van der Waals surface area contributed by atoms with Gasteiger partial charge in [-0.25, -0.2) is 0 Å². The minimum absolute atomic E-state index is 0.577. The maximum atomic E-state index is 5.35. The van der Waals surface area contributed by atoms with Crippen molar-refractivity contribution in [3.63, 3.8) is 0 Å². The van der Waals surface area contributed by atoms with Crippen LogP contribution in [0.5, 0.6) is 0 Å². The van der Waals surface area contributed by atoms with Crippen LogP contribution in [0.25, 0.3) is 16.4 Å². The number of hydrogen-bond acceptors (Lipinski definition) is 4. The molecule has 0 fully saturated rings. The first-order valence-corrected chi connectivity index (χ1v) is 7.38. The summed E-state index contributed by atoms with van der Waals surface area (Å²) in [5, 5.41) is 9.23. The molecule has 3 aromatic rings. The summed E-state index contributed by atoms with van der Waals surface area (Å²) in [5.74, 6) is 0.833. The van der Waals surface area contributed by atoms with Gasteiger partial charge in [-0.3, -0.25) is 9.67 Å². The standard InChI is InChI=1S/C14H13N3OS2/c1-18-9-10-4-2-5-11(8-10)17-13(15-16-14(17)19)12-6-3-7-20-12/h2-8H,9H2,1H3,(H,16,19). The lowest BCUT2D eigenvalue weighted by Crippen LogP contribution is -1.98. The molecular formula is C14H13N3OS2. The van der Waals surface area contributed by atoms with Gasteiger partial charge in [0.05, 0.1) is 17.2 Å². The predicted octanol–water partition coefficient (Wildman–Crippen LogP) is 3.80. The highest BCUT2D eigenvalue weighted by Gasteiger charge is 2.11. The summed E-state index contributed by atoms with van der Waals surface area (Å²) in [5.41, 5.74) is 2.09. The Balaban J connectivity index is 2.13. The van der Waals surface area contributed by atoms with E-state index >= 15 is 0 Å². The Morgan fingerprint density at radius 1 is 1.35 bits per heavy atom. The first-order chi connectivity index (χ1) is 9.79. The molecule has 0 saturated carbocycles. The molecule has 0 spiro atoms. The lowest BCUT2D eigenvalue weighted by atomic mass is 10.2. The Bertz CT molecular complexity index is 759. The highest BCUT2D eigenvalue weighted by molar-refractivity contribution is 7.71. The number of nitrogens with zero attached hydrogens (tertiary/aromatic N) is 2. The number of nitrogens with one attached hydrogen (secondary N) is 1. The number of benzene rings is 1. The van der Waals surface area contributed by atoms with E-state index in [2.05, 4.69) is 16.3 Å². The van der Waals surface area contributed by atoms with Gasteiger partial charge in [0.25, 0.3) is 0 Å². The van der Waals surface area contributed by atoms with Crippen molar-refractivity contribution in [1.82, 2.24) is 14.8 Å². The van der Waals surface area contributed by atoms with Gasteiger partial charge in [0.1, 0.15) is 0 Å². The van der Waals surface area contributed by atoms with Crippen LogP contribution in [0.3, 0.4) is 0 Å². The van der Waals surface area contributed by atoms with Crippen LogP contribution in [0.4, 0.5) is 0 Å². The first kappa shape index (κ1) is 13.2. The second-order valence-electron chi connectivity index (χ2n) is 4.27. The van der Waals surface area contributed by atoms with E-state index in [1.807, 2.05) is 40.3 Å². The number of aromatic nitrogens is 3. The molecule has 1 N–H and O–H groups in total. The number of rotatable bonds is 4. The van der Waals surface area contributed by atoms with E-state index in [9.17, 15) is 0 Å². The van der Waals surface area contributed by atoms with Crippen molar-refractivity contribution in [1.29, 1.82) is 0 Å². The molecule has 0 radical (unpaired) electrons. The number of thiophene rings is 1. The summed E-state index contributed by atoms with van der Waals surface area (Å²) in [7, 11) is 1.69. The van der Waals surface area contributed by atoms with Crippen molar-refractivity contribution in [2.45, 2.75) is 6.61 Å². The van der Waals surface area contributed by atoms with Crippen molar-refractivity contribution in [3.8, 4) is 16.4 Å². The Labute approximate surface area is 125 Å². The summed E-state index contributed by atoms with van der Waals surface area (Å²) in [6, 6.07) is 12.1. The fourth-order valence-electron chi connectivity index (χ4n) is 2.06. The zero-order valence-corrected chi connectivity index (χ0v) is 12.5. The third kappa shape index (κ3) is 2.45. The Hall–Kier alpha value is -1.76. The van der Waals surface area contributed by atoms with Gasteiger partial charge in [0.15, 0.2) is 10.6 Å². The monoisotopic (exact) mass is 303 g/mol. The van der Waals surface area contributed by atoms with Gasteiger partial charge < -0.3 is 4.74 Å². The number of ether oxygens (including phenoxy) is 1. The molecule has 6 heteroatoms. The third-order valence-electron chi connectivity index (χ3n) is 2.89. The van der Waals surface area contributed by atoms with Crippen LogP contribution >= 0.6 is 23.6 Å². The zero-order chi connectivity index (χ0) is 13.9. The minimum atomic E-state index is 0.577. The number of aromatic amines is 1. The normalized spacial score (nSPS) is 10.8. The number of hydrogen-bond donors (Lipinski definition) is 1. The lowest BCUT2D eigenvalue weighted by Gasteiger charge is -2.07. The highest BCUT2D eigenvalue weighted by Crippen LogP contribution is 2.25. The molecule has 3 rings (SSSR count). The molecule has 0 saturated heterocycles. The van der Waals surface area contributed by atoms with E-state index < -0.39 is 0 Å². The van der Waals surface area contributed by atoms with Crippen LogP contribution in [0, 0.1) is 4.77 Å². The van der Waals surface area contributed by atoms with Crippen LogP contribution in [0.1, 0.15) is 5.56 Å². The SMILES string of the molecule is COCc1cccc(-n2c(-c3cccs3)n[nH]c2=S)c1. The smallest absolute Gasteiger partial charge is 0.200 e. The van der Waals surface area contributed by atoms with E-state index in [-0.39, 0.29) is 0 Å². The van der Waals surface area contributed by atoms with Crippen LogP contribution in [-0.4, -0.2) is 21.9 Å². The first-order valence-electron chi connectivity index (χ1n) is 6.09. The van der Waals surface area contributed by atoms with E-state index in [0.29, 0.717) is 11.4 Å². The molecule has 102 valence electrons. The van der Waals surface area contributed by atoms with Gasteiger partial charge in [-0.1, -0.05) is 18.2 Å². The van der Waals surface area contributed by atoms with Gasteiger partial charge in [-0.15, -0.1) is 11.3 Å². The highest BCUT2D eigenvalue weighted by atomic mass is 32.1. The van der Waals surface area contributed by atoms with Crippen molar-refractivity contribution in [2.24, 2.45) is 0 Å². The van der Waals surface area contributed by atoms with Crippen molar-refractivity contribution >= 4 is 23.6 Å². The summed E-state index contributed by atoms with van der Waals surface area (Å²) < 4.78 is 7.71. The second-order valence-corrected chi connectivity index (χ2v) is 5.60. The Morgan fingerprint density at radius 3 is 3.00 bits per heavy atom. The van der Waals surface area contributed by atoms with Crippen molar-refractivity contribution < 1.29 is 4.74 Å². The molecular weight excluding hydrogens is 290 g/mol. The number of H-pyrrole nitrogens is 1. The van der Waals surface area contributed by atoms with Crippen LogP contribution < -0.4 is 0 Å². The fraction of sp³-hybridized carbons (Fsp3) is 0.143. The van der Waals surface area contributed by atoms with Gasteiger partial charge in [-0.05, 0) is 41.4 Å². The molecule has 4 nitrogen and oxygen atoms in total. The number of methoxy groups -OCH3 is 1. The molecule has 0 aliphatic heterocycles. The minimum Gasteiger partial charge on any atom is -0.380 e. The Morgan fingerprint density at radius 2 is 2.25 bits per heavy atom. The van der Waals surface area contributed by atoms with Crippen molar-refractivity contribution in [3.05, 3.63) is 52.1 Å². The summed E-state index contributed by atoms with van der Waals surface area (Å²) in [6.07, 6.45) is 0. The van der Waals surface area contributed by atoms with Gasteiger partial charge in [0, 0.05) is 7.11 Å². The molecule has 0 bridgehead atoms. The second kappa shape index (κ2) is 5.70. The molecule has 2 heterocycles. The molecule has 0 atom stereocenters. The molecule has 0 amide bonds. The average Bonchev–Trinajstić information content (AvgIpc) is 3.08. The average molecular weight is 303 g/mol. The van der Waals surface area contributed by atoms with Crippen LogP contribution in [0.15, 0.2) is 41.8 Å². The zero-order valence-electron chi connectivity index (χ0n) is 10.9. The van der Waals surface area contributed by atoms with Gasteiger partial charge in [0.2, 0.25) is 0 Å².